The van der Waals surface area contributed by atoms with Gasteiger partial charge in [0.05, 0.1) is 5.56 Å². The molecule has 0 spiro atoms. The molecule has 1 aliphatic rings. The highest BCUT2D eigenvalue weighted by Gasteiger charge is 2.27. The quantitative estimate of drug-likeness (QED) is 0.751. The van der Waals surface area contributed by atoms with Gasteiger partial charge in [-0.1, -0.05) is 0 Å². The van der Waals surface area contributed by atoms with E-state index >= 15 is 0 Å². The second-order valence-electron chi connectivity index (χ2n) is 3.81. The SMILES string of the molecule is O=C(NC1CCN(C(=O)O)C1)c1cncnc1. The van der Waals surface area contributed by atoms with Crippen molar-refractivity contribution in [1.29, 1.82) is 0 Å². The van der Waals surface area contributed by atoms with Crippen molar-refractivity contribution in [3.8, 4) is 0 Å². The zero-order chi connectivity index (χ0) is 12.3. The Labute approximate surface area is 97.5 Å². The van der Waals surface area contributed by atoms with Crippen molar-refractivity contribution in [2.24, 2.45) is 0 Å². The molecule has 2 amide bonds. The van der Waals surface area contributed by atoms with E-state index in [0.717, 1.165) is 0 Å². The van der Waals surface area contributed by atoms with Gasteiger partial charge < -0.3 is 15.3 Å². The van der Waals surface area contributed by atoms with Crippen molar-refractivity contribution in [1.82, 2.24) is 20.2 Å². The molecule has 0 saturated carbocycles. The normalized spacial score (nSPS) is 19.1. The molecule has 1 aromatic heterocycles. The molecule has 7 nitrogen and oxygen atoms in total. The Morgan fingerprint density at radius 2 is 2.12 bits per heavy atom. The Morgan fingerprint density at radius 1 is 1.41 bits per heavy atom. The number of hydrogen-bond acceptors (Lipinski definition) is 4. The van der Waals surface area contributed by atoms with E-state index in [1.807, 2.05) is 0 Å². The number of aromatic nitrogens is 2. The monoisotopic (exact) mass is 236 g/mol. The van der Waals surface area contributed by atoms with E-state index in [2.05, 4.69) is 15.3 Å². The third-order valence-electron chi connectivity index (χ3n) is 2.62. The van der Waals surface area contributed by atoms with Crippen LogP contribution in [-0.2, 0) is 0 Å². The summed E-state index contributed by atoms with van der Waals surface area (Å²) >= 11 is 0. The summed E-state index contributed by atoms with van der Waals surface area (Å²) in [6, 6.07) is -0.140. The number of likely N-dealkylation sites (tertiary alicyclic amines) is 1. The third-order valence-corrected chi connectivity index (χ3v) is 2.62. The predicted molar refractivity (Wildman–Crippen MR) is 57.5 cm³/mol. The number of rotatable bonds is 2. The maximum atomic E-state index is 11.7. The number of amides is 2. The van der Waals surface area contributed by atoms with Gasteiger partial charge in [-0.05, 0) is 6.42 Å². The highest BCUT2D eigenvalue weighted by atomic mass is 16.4. The number of hydrogen-bond donors (Lipinski definition) is 2. The van der Waals surface area contributed by atoms with E-state index in [-0.39, 0.29) is 11.9 Å². The van der Waals surface area contributed by atoms with Gasteiger partial charge in [-0.3, -0.25) is 4.79 Å². The summed E-state index contributed by atoms with van der Waals surface area (Å²) in [6.07, 6.45) is 3.87. The molecule has 7 heteroatoms. The number of carboxylic acid groups (broad SMARTS) is 1. The molecule has 2 heterocycles. The first-order valence-corrected chi connectivity index (χ1v) is 5.20. The Bertz CT molecular complexity index is 423. The van der Waals surface area contributed by atoms with Crippen LogP contribution in [0.5, 0.6) is 0 Å². The molecule has 1 fully saturated rings. The maximum absolute atomic E-state index is 11.7. The topological polar surface area (TPSA) is 95.4 Å². The van der Waals surface area contributed by atoms with Gasteiger partial charge in [0.25, 0.3) is 5.91 Å². The Kier molecular flexibility index (Phi) is 3.17. The Hall–Kier alpha value is -2.18. The van der Waals surface area contributed by atoms with Crippen LogP contribution in [-0.4, -0.2) is 51.1 Å². The molecule has 1 atom stereocenters. The molecule has 0 aromatic carbocycles. The van der Waals surface area contributed by atoms with E-state index in [9.17, 15) is 9.59 Å². The fourth-order valence-corrected chi connectivity index (χ4v) is 1.74. The van der Waals surface area contributed by atoms with Crippen LogP contribution < -0.4 is 5.32 Å². The van der Waals surface area contributed by atoms with Crippen molar-refractivity contribution in [3.05, 3.63) is 24.3 Å². The molecule has 1 aromatic rings. The van der Waals surface area contributed by atoms with Crippen LogP contribution in [0.15, 0.2) is 18.7 Å². The molecule has 0 aliphatic carbocycles. The fraction of sp³-hybridized carbons (Fsp3) is 0.400. The van der Waals surface area contributed by atoms with Gasteiger partial charge in [-0.2, -0.15) is 0 Å². The minimum Gasteiger partial charge on any atom is -0.465 e. The molecule has 2 N–H and O–H groups in total. The Balaban J connectivity index is 1.91. The highest BCUT2D eigenvalue weighted by Crippen LogP contribution is 2.09. The first-order chi connectivity index (χ1) is 8.16. The largest absolute Gasteiger partial charge is 0.465 e. The predicted octanol–water partition coefficient (Wildman–Crippen LogP) is -0.0413. The first kappa shape index (κ1) is 11.3. The van der Waals surface area contributed by atoms with E-state index < -0.39 is 6.09 Å². The fourth-order valence-electron chi connectivity index (χ4n) is 1.74. The van der Waals surface area contributed by atoms with Gasteiger partial charge in [-0.15, -0.1) is 0 Å². The van der Waals surface area contributed by atoms with Crippen molar-refractivity contribution >= 4 is 12.0 Å². The van der Waals surface area contributed by atoms with Crippen LogP contribution in [0.2, 0.25) is 0 Å². The zero-order valence-corrected chi connectivity index (χ0v) is 9.04. The summed E-state index contributed by atoms with van der Waals surface area (Å²) in [7, 11) is 0. The van der Waals surface area contributed by atoms with E-state index in [1.54, 1.807) is 0 Å². The minimum atomic E-state index is -0.954. The smallest absolute Gasteiger partial charge is 0.407 e. The summed E-state index contributed by atoms with van der Waals surface area (Å²) in [5.74, 6) is -0.275. The van der Waals surface area contributed by atoms with Gasteiger partial charge in [0.15, 0.2) is 0 Å². The van der Waals surface area contributed by atoms with Gasteiger partial charge in [-0.25, -0.2) is 14.8 Å². The maximum Gasteiger partial charge on any atom is 0.407 e. The average Bonchev–Trinajstić information content (AvgIpc) is 2.79. The van der Waals surface area contributed by atoms with Gasteiger partial charge in [0.1, 0.15) is 6.33 Å². The third kappa shape index (κ3) is 2.68. The van der Waals surface area contributed by atoms with Gasteiger partial charge in [0, 0.05) is 31.5 Å². The van der Waals surface area contributed by atoms with Crippen molar-refractivity contribution < 1.29 is 14.7 Å². The zero-order valence-electron chi connectivity index (χ0n) is 9.04. The van der Waals surface area contributed by atoms with E-state index in [1.165, 1.54) is 23.6 Å². The van der Waals surface area contributed by atoms with Crippen LogP contribution in [0.3, 0.4) is 0 Å². The summed E-state index contributed by atoms with van der Waals surface area (Å²) in [5, 5.41) is 11.5. The highest BCUT2D eigenvalue weighted by molar-refractivity contribution is 5.93. The molecule has 1 aliphatic heterocycles. The number of carbonyl (C=O) groups is 2. The van der Waals surface area contributed by atoms with Crippen molar-refractivity contribution in [2.45, 2.75) is 12.5 Å². The summed E-state index contributed by atoms with van der Waals surface area (Å²) in [5.41, 5.74) is 0.376. The molecule has 1 saturated heterocycles. The molecular weight excluding hydrogens is 224 g/mol. The molecule has 0 bridgehead atoms. The van der Waals surface area contributed by atoms with Crippen LogP contribution >= 0.6 is 0 Å². The van der Waals surface area contributed by atoms with Crippen LogP contribution in [0.4, 0.5) is 4.79 Å². The molecule has 17 heavy (non-hydrogen) atoms. The van der Waals surface area contributed by atoms with E-state index in [0.29, 0.717) is 25.1 Å². The molecule has 0 radical (unpaired) electrons. The summed E-state index contributed by atoms with van der Waals surface area (Å²) in [4.78, 5) is 31.2. The molecular formula is C10H12N4O3. The van der Waals surface area contributed by atoms with Crippen molar-refractivity contribution in [2.75, 3.05) is 13.1 Å². The first-order valence-electron chi connectivity index (χ1n) is 5.20. The number of nitrogens with zero attached hydrogens (tertiary/aromatic N) is 3. The standard InChI is InChI=1S/C10H12N4O3/c15-9(7-3-11-6-12-4-7)13-8-1-2-14(5-8)10(16)17/h3-4,6,8H,1-2,5H2,(H,13,15)(H,16,17). The average molecular weight is 236 g/mol. The lowest BCUT2D eigenvalue weighted by molar-refractivity contribution is 0.0935. The summed E-state index contributed by atoms with van der Waals surface area (Å²) < 4.78 is 0. The number of carbonyl (C=O) groups excluding carboxylic acids is 1. The lowest BCUT2D eigenvalue weighted by Crippen LogP contribution is -2.38. The molecule has 2 rings (SSSR count). The van der Waals surface area contributed by atoms with Gasteiger partial charge >= 0.3 is 6.09 Å². The Morgan fingerprint density at radius 3 is 2.71 bits per heavy atom. The lowest BCUT2D eigenvalue weighted by atomic mass is 10.2. The number of nitrogens with one attached hydrogen (secondary N) is 1. The van der Waals surface area contributed by atoms with Crippen LogP contribution in [0, 0.1) is 0 Å². The second-order valence-corrected chi connectivity index (χ2v) is 3.81. The van der Waals surface area contributed by atoms with Gasteiger partial charge in [0.2, 0.25) is 0 Å². The minimum absolute atomic E-state index is 0.140. The van der Waals surface area contributed by atoms with E-state index in [4.69, 9.17) is 5.11 Å². The van der Waals surface area contributed by atoms with Crippen LogP contribution in [0.1, 0.15) is 16.8 Å². The molecule has 90 valence electrons. The summed E-state index contributed by atoms with van der Waals surface area (Å²) in [6.45, 7) is 0.778. The van der Waals surface area contributed by atoms with Crippen molar-refractivity contribution in [3.63, 3.8) is 0 Å². The molecule has 1 unspecified atom stereocenters. The van der Waals surface area contributed by atoms with Crippen LogP contribution in [0.25, 0.3) is 0 Å². The lowest BCUT2D eigenvalue weighted by Gasteiger charge is -2.13. The second kappa shape index (κ2) is 4.77.